The molecule has 15 heavy (non-hydrogen) atoms. The van der Waals surface area contributed by atoms with E-state index in [0.717, 1.165) is 22.0 Å². The highest BCUT2D eigenvalue weighted by molar-refractivity contribution is 6.00. The van der Waals surface area contributed by atoms with Gasteiger partial charge in [-0.15, -0.1) is 0 Å². The first-order chi connectivity index (χ1) is 7.22. The molecule has 0 saturated heterocycles. The molecule has 0 fully saturated rings. The van der Waals surface area contributed by atoms with Crippen molar-refractivity contribution >= 4 is 16.7 Å². The van der Waals surface area contributed by atoms with Crippen LogP contribution in [0, 0.1) is 6.92 Å². The summed E-state index contributed by atoms with van der Waals surface area (Å²) in [6, 6.07) is 5.80. The molecule has 0 aliphatic rings. The van der Waals surface area contributed by atoms with Gasteiger partial charge in [0.1, 0.15) is 0 Å². The predicted molar refractivity (Wildman–Crippen MR) is 61.0 cm³/mol. The number of hydrogen-bond donors (Lipinski definition) is 2. The third-order valence-electron chi connectivity index (χ3n) is 2.55. The van der Waals surface area contributed by atoms with E-state index in [0.29, 0.717) is 13.0 Å². The fourth-order valence-corrected chi connectivity index (χ4v) is 1.79. The van der Waals surface area contributed by atoms with Crippen molar-refractivity contribution in [3.8, 4) is 0 Å². The normalized spacial score (nSPS) is 10.8. The van der Waals surface area contributed by atoms with Gasteiger partial charge >= 0.3 is 0 Å². The van der Waals surface area contributed by atoms with Crippen LogP contribution in [0.25, 0.3) is 10.9 Å². The van der Waals surface area contributed by atoms with Gasteiger partial charge < -0.3 is 10.7 Å². The van der Waals surface area contributed by atoms with Gasteiger partial charge in [0, 0.05) is 29.1 Å². The Labute approximate surface area is 88.3 Å². The summed E-state index contributed by atoms with van der Waals surface area (Å²) in [5.74, 6) is 0.115. The van der Waals surface area contributed by atoms with Crippen molar-refractivity contribution < 1.29 is 4.79 Å². The first-order valence-corrected chi connectivity index (χ1v) is 5.03. The molecule has 0 aliphatic carbocycles. The van der Waals surface area contributed by atoms with Gasteiger partial charge in [0.2, 0.25) is 0 Å². The molecule has 1 heterocycles. The molecular formula is C12H14N2O. The minimum absolute atomic E-state index is 0.115. The smallest absolute Gasteiger partial charge is 0.164 e. The van der Waals surface area contributed by atoms with Crippen LogP contribution in [0.1, 0.15) is 22.3 Å². The van der Waals surface area contributed by atoms with Crippen LogP contribution >= 0.6 is 0 Å². The summed E-state index contributed by atoms with van der Waals surface area (Å²) >= 11 is 0. The number of benzene rings is 1. The quantitative estimate of drug-likeness (QED) is 0.748. The molecule has 0 bridgehead atoms. The topological polar surface area (TPSA) is 58.9 Å². The summed E-state index contributed by atoms with van der Waals surface area (Å²) in [6.45, 7) is 2.40. The Bertz CT molecular complexity index is 499. The van der Waals surface area contributed by atoms with Crippen molar-refractivity contribution in [2.24, 2.45) is 5.73 Å². The van der Waals surface area contributed by atoms with Gasteiger partial charge in [-0.3, -0.25) is 4.79 Å². The Balaban J connectivity index is 2.49. The fraction of sp³-hybridized carbons (Fsp3) is 0.250. The van der Waals surface area contributed by atoms with Crippen LogP contribution < -0.4 is 5.73 Å². The lowest BCUT2D eigenvalue weighted by atomic mass is 10.0. The maximum absolute atomic E-state index is 11.7. The maximum Gasteiger partial charge on any atom is 0.164 e. The van der Waals surface area contributed by atoms with Gasteiger partial charge in [-0.1, -0.05) is 0 Å². The summed E-state index contributed by atoms with van der Waals surface area (Å²) in [5, 5.41) is 1.08. The van der Waals surface area contributed by atoms with Crippen molar-refractivity contribution in [2.45, 2.75) is 13.3 Å². The van der Waals surface area contributed by atoms with E-state index in [4.69, 9.17) is 5.73 Å². The van der Waals surface area contributed by atoms with E-state index in [9.17, 15) is 4.79 Å². The fourth-order valence-electron chi connectivity index (χ4n) is 1.79. The Hall–Kier alpha value is -1.61. The first kappa shape index (κ1) is 9.93. The van der Waals surface area contributed by atoms with E-state index in [1.54, 1.807) is 0 Å². The molecule has 0 amide bonds. The number of H-pyrrole nitrogens is 1. The third kappa shape index (κ3) is 1.78. The molecule has 1 aromatic heterocycles. The molecule has 3 nitrogen and oxygen atoms in total. The lowest BCUT2D eigenvalue weighted by Gasteiger charge is -2.02. The standard InChI is InChI=1S/C12H14N2O/c1-8-6-10(11(15)2-4-13)7-9-3-5-14-12(8)9/h3,5-7,14H,2,4,13H2,1H3. The zero-order valence-electron chi connectivity index (χ0n) is 8.71. The average molecular weight is 202 g/mol. The van der Waals surface area contributed by atoms with E-state index in [2.05, 4.69) is 4.98 Å². The van der Waals surface area contributed by atoms with Crippen LogP contribution in [0.2, 0.25) is 0 Å². The third-order valence-corrected chi connectivity index (χ3v) is 2.55. The van der Waals surface area contributed by atoms with E-state index in [-0.39, 0.29) is 5.78 Å². The molecule has 0 spiro atoms. The predicted octanol–water partition coefficient (Wildman–Crippen LogP) is 2.01. The Morgan fingerprint density at radius 1 is 1.47 bits per heavy atom. The summed E-state index contributed by atoms with van der Waals surface area (Å²) < 4.78 is 0. The summed E-state index contributed by atoms with van der Waals surface area (Å²) in [4.78, 5) is 14.8. The number of fused-ring (bicyclic) bond motifs is 1. The minimum Gasteiger partial charge on any atom is -0.361 e. The number of aromatic amines is 1. The molecule has 0 aliphatic heterocycles. The number of carbonyl (C=O) groups is 1. The monoisotopic (exact) mass is 202 g/mol. The van der Waals surface area contributed by atoms with Crippen molar-refractivity contribution in [3.63, 3.8) is 0 Å². The second-order valence-electron chi connectivity index (χ2n) is 3.70. The molecule has 78 valence electrons. The zero-order valence-corrected chi connectivity index (χ0v) is 8.71. The van der Waals surface area contributed by atoms with Crippen molar-refractivity contribution in [3.05, 3.63) is 35.5 Å². The van der Waals surface area contributed by atoms with E-state index < -0.39 is 0 Å². The lowest BCUT2D eigenvalue weighted by Crippen LogP contribution is -2.08. The Morgan fingerprint density at radius 3 is 3.00 bits per heavy atom. The van der Waals surface area contributed by atoms with Crippen molar-refractivity contribution in [2.75, 3.05) is 6.54 Å². The highest BCUT2D eigenvalue weighted by atomic mass is 16.1. The van der Waals surface area contributed by atoms with Gasteiger partial charge in [-0.05, 0) is 37.2 Å². The molecule has 0 radical (unpaired) electrons. The van der Waals surface area contributed by atoms with Gasteiger partial charge in [-0.25, -0.2) is 0 Å². The van der Waals surface area contributed by atoms with Crippen LogP contribution in [0.5, 0.6) is 0 Å². The first-order valence-electron chi connectivity index (χ1n) is 5.03. The summed E-state index contributed by atoms with van der Waals surface area (Å²) in [6.07, 6.45) is 2.30. The molecular weight excluding hydrogens is 188 g/mol. The second-order valence-corrected chi connectivity index (χ2v) is 3.70. The van der Waals surface area contributed by atoms with Crippen LogP contribution in [-0.4, -0.2) is 17.3 Å². The van der Waals surface area contributed by atoms with E-state index in [1.165, 1.54) is 0 Å². The molecule has 2 aromatic rings. The number of hydrogen-bond acceptors (Lipinski definition) is 2. The van der Waals surface area contributed by atoms with Crippen LogP contribution in [0.3, 0.4) is 0 Å². The van der Waals surface area contributed by atoms with Crippen molar-refractivity contribution in [1.29, 1.82) is 0 Å². The number of aryl methyl sites for hydroxylation is 1. The number of nitrogens with one attached hydrogen (secondary N) is 1. The molecule has 2 rings (SSSR count). The number of carbonyl (C=O) groups excluding carboxylic acids is 1. The maximum atomic E-state index is 11.7. The average Bonchev–Trinajstić information content (AvgIpc) is 2.66. The zero-order chi connectivity index (χ0) is 10.8. The lowest BCUT2D eigenvalue weighted by molar-refractivity contribution is 0.0985. The number of nitrogens with two attached hydrogens (primary N) is 1. The number of aromatic nitrogens is 1. The number of rotatable bonds is 3. The van der Waals surface area contributed by atoms with Gasteiger partial charge in [0.05, 0.1) is 0 Å². The van der Waals surface area contributed by atoms with Gasteiger partial charge in [0.25, 0.3) is 0 Å². The van der Waals surface area contributed by atoms with Gasteiger partial charge in [-0.2, -0.15) is 0 Å². The summed E-state index contributed by atoms with van der Waals surface area (Å²) in [5.41, 5.74) is 8.32. The highest BCUT2D eigenvalue weighted by Gasteiger charge is 2.08. The molecule has 3 N–H and O–H groups in total. The number of Topliss-reactive ketones (excluding diaryl/α,β-unsaturated/α-hetero) is 1. The van der Waals surface area contributed by atoms with Gasteiger partial charge in [0.15, 0.2) is 5.78 Å². The Kier molecular flexibility index (Phi) is 2.56. The van der Waals surface area contributed by atoms with Crippen LogP contribution in [0.15, 0.2) is 24.4 Å². The number of ketones is 1. The van der Waals surface area contributed by atoms with E-state index in [1.807, 2.05) is 31.3 Å². The molecule has 0 saturated carbocycles. The van der Waals surface area contributed by atoms with E-state index >= 15 is 0 Å². The second kappa shape index (κ2) is 3.87. The SMILES string of the molecule is Cc1cc(C(=O)CCN)cc2cc[nH]c12. The highest BCUT2D eigenvalue weighted by Crippen LogP contribution is 2.19. The van der Waals surface area contributed by atoms with Crippen molar-refractivity contribution in [1.82, 2.24) is 4.98 Å². The van der Waals surface area contributed by atoms with Crippen LogP contribution in [-0.2, 0) is 0 Å². The molecule has 3 heteroatoms. The largest absolute Gasteiger partial charge is 0.361 e. The minimum atomic E-state index is 0.115. The Morgan fingerprint density at radius 2 is 2.27 bits per heavy atom. The van der Waals surface area contributed by atoms with Crippen LogP contribution in [0.4, 0.5) is 0 Å². The molecule has 1 aromatic carbocycles. The molecule has 0 atom stereocenters. The summed E-state index contributed by atoms with van der Waals surface area (Å²) in [7, 11) is 0. The molecule has 0 unspecified atom stereocenters.